The number of nitrogens with zero attached hydrogens (tertiary/aromatic N) is 1. The van der Waals surface area contributed by atoms with Crippen LogP contribution in [0.1, 0.15) is 33.1 Å². The van der Waals surface area contributed by atoms with Crippen molar-refractivity contribution < 1.29 is 4.79 Å². The van der Waals surface area contributed by atoms with Crippen LogP contribution in [0.2, 0.25) is 0 Å². The van der Waals surface area contributed by atoms with Crippen molar-refractivity contribution in [3.8, 4) is 0 Å². The first-order chi connectivity index (χ1) is 7.67. The van der Waals surface area contributed by atoms with Gasteiger partial charge < -0.3 is 16.0 Å². The zero-order valence-corrected chi connectivity index (χ0v) is 10.5. The highest BCUT2D eigenvalue weighted by atomic mass is 16.1. The molecule has 0 aliphatic carbocycles. The molecule has 1 rings (SSSR count). The van der Waals surface area contributed by atoms with Crippen LogP contribution in [0.25, 0.3) is 0 Å². The maximum absolute atomic E-state index is 11.8. The van der Waals surface area contributed by atoms with Crippen LogP contribution in [0, 0.1) is 5.92 Å². The van der Waals surface area contributed by atoms with Gasteiger partial charge in [0.15, 0.2) is 0 Å². The summed E-state index contributed by atoms with van der Waals surface area (Å²) in [6.07, 6.45) is 3.40. The van der Waals surface area contributed by atoms with Gasteiger partial charge in [-0.3, -0.25) is 4.79 Å². The molecular formula is C12H25N3O. The highest BCUT2D eigenvalue weighted by Gasteiger charge is 2.19. The number of likely N-dealkylation sites (tertiary alicyclic amines) is 1. The molecule has 4 nitrogen and oxygen atoms in total. The molecule has 1 amide bonds. The minimum Gasteiger partial charge on any atom is -0.352 e. The first-order valence-electron chi connectivity index (χ1n) is 6.40. The van der Waals surface area contributed by atoms with E-state index in [1.54, 1.807) is 0 Å². The Bertz CT molecular complexity index is 210. The molecule has 0 aromatic heterocycles. The lowest BCUT2D eigenvalue weighted by Gasteiger charge is -2.23. The van der Waals surface area contributed by atoms with E-state index in [9.17, 15) is 4.79 Å². The molecule has 1 heterocycles. The first-order valence-corrected chi connectivity index (χ1v) is 6.40. The number of nitrogens with one attached hydrogen (secondary N) is 1. The number of amides is 1. The Labute approximate surface area is 98.6 Å². The van der Waals surface area contributed by atoms with Crippen molar-refractivity contribution in [2.75, 3.05) is 26.2 Å². The molecule has 1 aliphatic rings. The van der Waals surface area contributed by atoms with E-state index < -0.39 is 0 Å². The van der Waals surface area contributed by atoms with Crippen LogP contribution in [0.5, 0.6) is 0 Å². The Morgan fingerprint density at radius 2 is 2.06 bits per heavy atom. The molecule has 1 aliphatic heterocycles. The first kappa shape index (κ1) is 13.5. The minimum absolute atomic E-state index is 0.0268. The van der Waals surface area contributed by atoms with Gasteiger partial charge in [0.1, 0.15) is 0 Å². The maximum Gasteiger partial charge on any atom is 0.224 e. The lowest BCUT2D eigenvalue weighted by molar-refractivity contribution is -0.125. The van der Waals surface area contributed by atoms with Gasteiger partial charge in [-0.05, 0) is 39.3 Å². The lowest BCUT2D eigenvalue weighted by atomic mass is 10.1. The summed E-state index contributed by atoms with van der Waals surface area (Å²) in [7, 11) is 0. The van der Waals surface area contributed by atoms with E-state index in [1.165, 1.54) is 25.9 Å². The standard InChI is InChI=1S/C12H25N3O/c1-3-11(8-13)12(16)14-10(2)9-15-6-4-5-7-15/h10-11H,3-9,13H2,1-2H3,(H,14,16). The van der Waals surface area contributed by atoms with E-state index in [-0.39, 0.29) is 17.9 Å². The highest BCUT2D eigenvalue weighted by Crippen LogP contribution is 2.08. The summed E-state index contributed by atoms with van der Waals surface area (Å²) in [6.45, 7) is 7.83. The van der Waals surface area contributed by atoms with Crippen LogP contribution in [0.15, 0.2) is 0 Å². The summed E-state index contributed by atoms with van der Waals surface area (Å²) in [6, 6.07) is 0.228. The topological polar surface area (TPSA) is 58.4 Å². The molecule has 2 atom stereocenters. The molecule has 3 N–H and O–H groups in total. The van der Waals surface area contributed by atoms with Gasteiger partial charge in [-0.1, -0.05) is 6.92 Å². The summed E-state index contributed by atoms with van der Waals surface area (Å²) < 4.78 is 0. The summed E-state index contributed by atoms with van der Waals surface area (Å²) >= 11 is 0. The molecular weight excluding hydrogens is 202 g/mol. The summed E-state index contributed by atoms with van der Waals surface area (Å²) in [5, 5.41) is 3.05. The summed E-state index contributed by atoms with van der Waals surface area (Å²) in [4.78, 5) is 14.2. The largest absolute Gasteiger partial charge is 0.352 e. The molecule has 0 aromatic rings. The van der Waals surface area contributed by atoms with Gasteiger partial charge in [-0.25, -0.2) is 0 Å². The van der Waals surface area contributed by atoms with Crippen molar-refractivity contribution in [3.05, 3.63) is 0 Å². The van der Waals surface area contributed by atoms with E-state index in [1.807, 2.05) is 6.92 Å². The molecule has 4 heteroatoms. The van der Waals surface area contributed by atoms with Gasteiger partial charge in [0.05, 0.1) is 0 Å². The normalized spacial score (nSPS) is 20.7. The van der Waals surface area contributed by atoms with E-state index in [0.717, 1.165) is 13.0 Å². The van der Waals surface area contributed by atoms with Crippen molar-refractivity contribution >= 4 is 5.91 Å². The molecule has 1 fully saturated rings. The number of carbonyl (C=O) groups excluding carboxylic acids is 1. The minimum atomic E-state index is -0.0268. The van der Waals surface area contributed by atoms with Gasteiger partial charge in [-0.2, -0.15) is 0 Å². The fourth-order valence-electron chi connectivity index (χ4n) is 2.22. The monoisotopic (exact) mass is 227 g/mol. The third-order valence-corrected chi connectivity index (χ3v) is 3.27. The summed E-state index contributed by atoms with van der Waals surface area (Å²) in [5.41, 5.74) is 5.55. The quantitative estimate of drug-likeness (QED) is 0.697. The van der Waals surface area contributed by atoms with E-state index in [0.29, 0.717) is 6.54 Å². The van der Waals surface area contributed by atoms with Gasteiger partial charge >= 0.3 is 0 Å². The predicted octanol–water partition coefficient (Wildman–Crippen LogP) is 0.572. The molecule has 0 radical (unpaired) electrons. The molecule has 0 spiro atoms. The highest BCUT2D eigenvalue weighted by molar-refractivity contribution is 5.79. The second-order valence-electron chi connectivity index (χ2n) is 4.76. The van der Waals surface area contributed by atoms with Crippen molar-refractivity contribution in [2.24, 2.45) is 11.7 Å². The number of rotatable bonds is 6. The molecule has 0 bridgehead atoms. The number of nitrogens with two attached hydrogens (primary N) is 1. The van der Waals surface area contributed by atoms with E-state index in [2.05, 4.69) is 17.1 Å². The molecule has 0 saturated carbocycles. The van der Waals surface area contributed by atoms with Crippen molar-refractivity contribution in [1.82, 2.24) is 10.2 Å². The molecule has 0 aromatic carbocycles. The number of carbonyl (C=O) groups is 1. The Morgan fingerprint density at radius 1 is 1.44 bits per heavy atom. The fourth-order valence-corrected chi connectivity index (χ4v) is 2.22. The third-order valence-electron chi connectivity index (χ3n) is 3.27. The third kappa shape index (κ3) is 4.10. The Kier molecular flexibility index (Phi) is 5.77. The Morgan fingerprint density at radius 3 is 2.56 bits per heavy atom. The van der Waals surface area contributed by atoms with Crippen LogP contribution in [0.4, 0.5) is 0 Å². The van der Waals surface area contributed by atoms with Gasteiger partial charge in [-0.15, -0.1) is 0 Å². The van der Waals surface area contributed by atoms with Crippen molar-refractivity contribution in [3.63, 3.8) is 0 Å². The predicted molar refractivity (Wildman–Crippen MR) is 66.1 cm³/mol. The van der Waals surface area contributed by atoms with Crippen LogP contribution < -0.4 is 11.1 Å². The van der Waals surface area contributed by atoms with E-state index >= 15 is 0 Å². The number of hydrogen-bond donors (Lipinski definition) is 2. The van der Waals surface area contributed by atoms with Crippen LogP contribution in [-0.2, 0) is 4.79 Å². The second-order valence-corrected chi connectivity index (χ2v) is 4.76. The second kappa shape index (κ2) is 6.86. The molecule has 16 heavy (non-hydrogen) atoms. The van der Waals surface area contributed by atoms with Crippen molar-refractivity contribution in [1.29, 1.82) is 0 Å². The van der Waals surface area contributed by atoms with Crippen LogP contribution >= 0.6 is 0 Å². The lowest BCUT2D eigenvalue weighted by Crippen LogP contribution is -2.44. The SMILES string of the molecule is CCC(CN)C(=O)NC(C)CN1CCCC1. The van der Waals surface area contributed by atoms with Crippen LogP contribution in [-0.4, -0.2) is 43.0 Å². The molecule has 1 saturated heterocycles. The van der Waals surface area contributed by atoms with Gasteiger partial charge in [0, 0.05) is 25.0 Å². The van der Waals surface area contributed by atoms with Gasteiger partial charge in [0.2, 0.25) is 5.91 Å². The summed E-state index contributed by atoms with van der Waals surface area (Å²) in [5.74, 6) is 0.0812. The Balaban J connectivity index is 2.26. The Hall–Kier alpha value is -0.610. The smallest absolute Gasteiger partial charge is 0.224 e. The van der Waals surface area contributed by atoms with Crippen LogP contribution in [0.3, 0.4) is 0 Å². The number of hydrogen-bond acceptors (Lipinski definition) is 3. The van der Waals surface area contributed by atoms with Crippen molar-refractivity contribution in [2.45, 2.75) is 39.2 Å². The molecule has 94 valence electrons. The van der Waals surface area contributed by atoms with E-state index in [4.69, 9.17) is 5.73 Å². The fraction of sp³-hybridized carbons (Fsp3) is 0.917. The maximum atomic E-state index is 11.8. The average Bonchev–Trinajstić information content (AvgIpc) is 2.71. The zero-order valence-electron chi connectivity index (χ0n) is 10.5. The zero-order chi connectivity index (χ0) is 12.0. The average molecular weight is 227 g/mol. The van der Waals surface area contributed by atoms with Gasteiger partial charge in [0.25, 0.3) is 0 Å². The molecule has 2 unspecified atom stereocenters.